The van der Waals surface area contributed by atoms with E-state index in [2.05, 4.69) is 9.97 Å². The Morgan fingerprint density at radius 3 is 3.07 bits per heavy atom. The van der Waals surface area contributed by atoms with Gasteiger partial charge in [-0.05, 0) is 12.1 Å². The highest BCUT2D eigenvalue weighted by Gasteiger charge is 2.07. The second-order valence-electron chi connectivity index (χ2n) is 3.10. The number of para-hydroxylation sites is 2. The molecular formula is C10H7N3O. The van der Waals surface area contributed by atoms with E-state index in [0.29, 0.717) is 11.5 Å². The largest absolute Gasteiger partial charge is 0.323 e. The van der Waals surface area contributed by atoms with Gasteiger partial charge in [-0.3, -0.25) is 9.20 Å². The minimum absolute atomic E-state index is 0.567. The standard InChI is InChI=1S/C10H7N3O/c14-6-7-5-11-10-12-8-3-1-2-4-9(8)13(7)10/h1-6H,(H,11,12). The summed E-state index contributed by atoms with van der Waals surface area (Å²) in [6.07, 6.45) is 2.37. The average Bonchev–Trinajstić information content (AvgIpc) is 2.75. The molecule has 0 bridgehead atoms. The number of imidazole rings is 2. The molecule has 1 N–H and O–H groups in total. The Morgan fingerprint density at radius 2 is 2.21 bits per heavy atom. The Labute approximate surface area is 79.2 Å². The third-order valence-corrected chi connectivity index (χ3v) is 2.30. The lowest BCUT2D eigenvalue weighted by Gasteiger charge is -1.90. The van der Waals surface area contributed by atoms with E-state index < -0.39 is 0 Å². The Hall–Kier alpha value is -2.10. The van der Waals surface area contributed by atoms with Gasteiger partial charge >= 0.3 is 0 Å². The molecule has 0 radical (unpaired) electrons. The number of hydrogen-bond donors (Lipinski definition) is 1. The van der Waals surface area contributed by atoms with Crippen molar-refractivity contribution in [2.24, 2.45) is 0 Å². The first-order chi connectivity index (χ1) is 6.90. The summed E-state index contributed by atoms with van der Waals surface area (Å²) in [5.41, 5.74) is 2.53. The highest BCUT2D eigenvalue weighted by Crippen LogP contribution is 2.16. The summed E-state index contributed by atoms with van der Waals surface area (Å²) < 4.78 is 1.81. The minimum Gasteiger partial charge on any atom is -0.323 e. The second kappa shape index (κ2) is 2.45. The number of nitrogens with one attached hydrogen (secondary N) is 1. The molecule has 1 aromatic carbocycles. The average molecular weight is 185 g/mol. The van der Waals surface area contributed by atoms with Crippen molar-refractivity contribution in [3.05, 3.63) is 36.2 Å². The van der Waals surface area contributed by atoms with Gasteiger partial charge < -0.3 is 4.98 Å². The fraction of sp³-hybridized carbons (Fsp3) is 0. The fourth-order valence-corrected chi connectivity index (χ4v) is 1.68. The van der Waals surface area contributed by atoms with Gasteiger partial charge in [0, 0.05) is 0 Å². The maximum absolute atomic E-state index is 10.7. The molecule has 0 aliphatic rings. The first-order valence-electron chi connectivity index (χ1n) is 4.29. The molecule has 0 unspecified atom stereocenters. The van der Waals surface area contributed by atoms with Crippen LogP contribution in [0.1, 0.15) is 10.5 Å². The molecule has 0 spiro atoms. The van der Waals surface area contributed by atoms with Gasteiger partial charge in [0.2, 0.25) is 5.78 Å². The van der Waals surface area contributed by atoms with Crippen molar-refractivity contribution in [3.8, 4) is 0 Å². The van der Waals surface area contributed by atoms with Gasteiger partial charge in [-0.2, -0.15) is 0 Å². The zero-order valence-corrected chi connectivity index (χ0v) is 7.27. The number of carbonyl (C=O) groups is 1. The number of hydrogen-bond acceptors (Lipinski definition) is 2. The molecule has 0 aliphatic carbocycles. The van der Waals surface area contributed by atoms with Crippen molar-refractivity contribution in [1.82, 2.24) is 14.4 Å². The van der Waals surface area contributed by atoms with Crippen molar-refractivity contribution in [2.75, 3.05) is 0 Å². The van der Waals surface area contributed by atoms with Gasteiger partial charge in [0.05, 0.1) is 17.2 Å². The van der Waals surface area contributed by atoms with Crippen LogP contribution in [0.5, 0.6) is 0 Å². The highest BCUT2D eigenvalue weighted by molar-refractivity contribution is 5.84. The van der Waals surface area contributed by atoms with Crippen LogP contribution in [0.25, 0.3) is 16.8 Å². The number of aromatic amines is 1. The summed E-state index contributed by atoms with van der Waals surface area (Å²) in [6, 6.07) is 7.79. The molecule has 68 valence electrons. The molecule has 0 aliphatic heterocycles. The second-order valence-corrected chi connectivity index (χ2v) is 3.10. The van der Waals surface area contributed by atoms with Crippen molar-refractivity contribution in [2.45, 2.75) is 0 Å². The smallest absolute Gasteiger partial charge is 0.212 e. The van der Waals surface area contributed by atoms with Crippen molar-refractivity contribution in [1.29, 1.82) is 0 Å². The normalized spacial score (nSPS) is 11.1. The minimum atomic E-state index is 0.567. The summed E-state index contributed by atoms with van der Waals surface area (Å²) in [7, 11) is 0. The van der Waals surface area contributed by atoms with Crippen LogP contribution < -0.4 is 0 Å². The van der Waals surface area contributed by atoms with E-state index in [-0.39, 0.29) is 0 Å². The molecule has 0 amide bonds. The number of nitrogens with zero attached hydrogens (tertiary/aromatic N) is 2. The van der Waals surface area contributed by atoms with E-state index in [0.717, 1.165) is 17.3 Å². The van der Waals surface area contributed by atoms with Crippen LogP contribution in [0.3, 0.4) is 0 Å². The van der Waals surface area contributed by atoms with Crippen LogP contribution in [-0.4, -0.2) is 20.7 Å². The molecule has 2 aromatic heterocycles. The first kappa shape index (κ1) is 7.32. The molecule has 4 nitrogen and oxygen atoms in total. The number of aromatic nitrogens is 3. The number of H-pyrrole nitrogens is 1. The van der Waals surface area contributed by atoms with Crippen LogP contribution in [0, 0.1) is 0 Å². The lowest BCUT2D eigenvalue weighted by atomic mass is 10.3. The van der Waals surface area contributed by atoms with Gasteiger partial charge in [0.1, 0.15) is 5.69 Å². The van der Waals surface area contributed by atoms with Crippen LogP contribution >= 0.6 is 0 Å². The number of benzene rings is 1. The monoisotopic (exact) mass is 185 g/mol. The van der Waals surface area contributed by atoms with E-state index >= 15 is 0 Å². The quantitative estimate of drug-likeness (QED) is 0.586. The highest BCUT2D eigenvalue weighted by atomic mass is 16.1. The van der Waals surface area contributed by atoms with E-state index in [9.17, 15) is 4.79 Å². The molecule has 3 aromatic rings. The van der Waals surface area contributed by atoms with Gasteiger partial charge in [0.15, 0.2) is 6.29 Å². The lowest BCUT2D eigenvalue weighted by Crippen LogP contribution is -1.86. The van der Waals surface area contributed by atoms with Crippen LogP contribution in [0.15, 0.2) is 30.5 Å². The Balaban J connectivity index is 2.61. The van der Waals surface area contributed by atoms with E-state index in [1.165, 1.54) is 0 Å². The third kappa shape index (κ3) is 0.771. The lowest BCUT2D eigenvalue weighted by molar-refractivity contribution is 0.111. The van der Waals surface area contributed by atoms with Gasteiger partial charge in [-0.25, -0.2) is 4.98 Å². The SMILES string of the molecule is O=Cc1cnc2[nH]c3ccccc3n12. The maximum Gasteiger partial charge on any atom is 0.212 e. The maximum atomic E-state index is 10.7. The fourth-order valence-electron chi connectivity index (χ4n) is 1.68. The van der Waals surface area contributed by atoms with Crippen LogP contribution in [0.2, 0.25) is 0 Å². The number of aldehydes is 1. The first-order valence-corrected chi connectivity index (χ1v) is 4.29. The molecule has 2 heterocycles. The Bertz CT molecular complexity index is 620. The molecule has 4 heteroatoms. The molecule has 0 fully saturated rings. The topological polar surface area (TPSA) is 50.2 Å². The molecule has 0 saturated carbocycles. The number of carbonyl (C=O) groups excluding carboxylic acids is 1. The Kier molecular flexibility index (Phi) is 1.28. The predicted molar refractivity (Wildman–Crippen MR) is 52.4 cm³/mol. The summed E-state index contributed by atoms with van der Waals surface area (Å²) >= 11 is 0. The molecule has 0 atom stereocenters. The molecule has 3 rings (SSSR count). The summed E-state index contributed by atoms with van der Waals surface area (Å²) in [6.45, 7) is 0. The Morgan fingerprint density at radius 1 is 1.36 bits per heavy atom. The summed E-state index contributed by atoms with van der Waals surface area (Å²) in [5, 5.41) is 0. The predicted octanol–water partition coefficient (Wildman–Crippen LogP) is 1.63. The van der Waals surface area contributed by atoms with Crippen LogP contribution in [-0.2, 0) is 0 Å². The van der Waals surface area contributed by atoms with E-state index in [1.54, 1.807) is 6.20 Å². The van der Waals surface area contributed by atoms with Crippen molar-refractivity contribution < 1.29 is 4.79 Å². The zero-order chi connectivity index (χ0) is 9.54. The van der Waals surface area contributed by atoms with Crippen molar-refractivity contribution >= 4 is 23.1 Å². The van der Waals surface area contributed by atoms with Gasteiger partial charge in [-0.1, -0.05) is 12.1 Å². The zero-order valence-electron chi connectivity index (χ0n) is 7.27. The summed E-state index contributed by atoms with van der Waals surface area (Å²) in [4.78, 5) is 18.0. The summed E-state index contributed by atoms with van der Waals surface area (Å²) in [5.74, 6) is 0.702. The number of rotatable bonds is 1. The third-order valence-electron chi connectivity index (χ3n) is 2.30. The van der Waals surface area contributed by atoms with E-state index in [4.69, 9.17) is 0 Å². The molecular weight excluding hydrogens is 178 g/mol. The molecule has 0 saturated heterocycles. The van der Waals surface area contributed by atoms with Gasteiger partial charge in [0.25, 0.3) is 0 Å². The van der Waals surface area contributed by atoms with Crippen molar-refractivity contribution in [3.63, 3.8) is 0 Å². The molecule has 14 heavy (non-hydrogen) atoms. The van der Waals surface area contributed by atoms with Gasteiger partial charge in [-0.15, -0.1) is 0 Å². The van der Waals surface area contributed by atoms with Crippen LogP contribution in [0.4, 0.5) is 0 Å². The van der Waals surface area contributed by atoms with E-state index in [1.807, 2.05) is 28.7 Å². The number of fused-ring (bicyclic) bond motifs is 3.